The molecule has 0 saturated carbocycles. The number of nitrogens with two attached hydrogens (primary N) is 1. The van der Waals surface area contributed by atoms with Gasteiger partial charge in [0.15, 0.2) is 0 Å². The summed E-state index contributed by atoms with van der Waals surface area (Å²) in [6.45, 7) is 0. The Kier molecular flexibility index (Phi) is 4.93. The third kappa shape index (κ3) is 3.78. The molecule has 2 aromatic heterocycles. The molecule has 5 aromatic rings. The summed E-state index contributed by atoms with van der Waals surface area (Å²) in [4.78, 5) is 5.31. The van der Waals surface area contributed by atoms with Crippen LogP contribution in [0.5, 0.6) is 5.75 Å². The van der Waals surface area contributed by atoms with E-state index >= 15 is 0 Å². The maximum atomic E-state index is 7.75. The Morgan fingerprint density at radius 1 is 0.968 bits per heavy atom. The zero-order valence-electron chi connectivity index (χ0n) is 16.4. The second kappa shape index (κ2) is 8.04. The van der Waals surface area contributed by atoms with Crippen LogP contribution in [0.1, 0.15) is 22.4 Å². The average molecular weight is 427 g/mol. The molecule has 1 atom stereocenters. The van der Waals surface area contributed by atoms with Crippen molar-refractivity contribution >= 4 is 27.3 Å². The Hall–Kier alpha value is -3.97. The first-order chi connectivity index (χ1) is 15.2. The minimum absolute atomic E-state index is 0.0381. The number of rotatable bonds is 6. The predicted octanol–water partition coefficient (Wildman–Crippen LogP) is 5.40. The van der Waals surface area contributed by atoms with Crippen LogP contribution in [-0.4, -0.2) is 16.0 Å². The van der Waals surface area contributed by atoms with Crippen molar-refractivity contribution in [3.8, 4) is 17.1 Å². The highest BCUT2D eigenvalue weighted by molar-refractivity contribution is 7.20. The van der Waals surface area contributed by atoms with Crippen molar-refractivity contribution in [1.29, 1.82) is 5.41 Å². The Balaban J connectivity index is 1.57. The number of hydrogen-bond donors (Lipinski definition) is 2. The van der Waals surface area contributed by atoms with Gasteiger partial charge in [0.1, 0.15) is 11.6 Å². The predicted molar refractivity (Wildman–Crippen MR) is 121 cm³/mol. The van der Waals surface area contributed by atoms with E-state index in [1.165, 1.54) is 11.3 Å². The summed E-state index contributed by atoms with van der Waals surface area (Å²) in [5.41, 5.74) is 7.45. The first-order valence-corrected chi connectivity index (χ1v) is 10.5. The first-order valence-electron chi connectivity index (χ1n) is 9.66. The van der Waals surface area contributed by atoms with Crippen LogP contribution in [0.25, 0.3) is 21.5 Å². The lowest BCUT2D eigenvalue weighted by molar-refractivity contribution is 0.195. The van der Waals surface area contributed by atoms with E-state index in [1.54, 1.807) is 0 Å². The topological polar surface area (TPSA) is 98.0 Å². The molecule has 0 spiro atoms. The van der Waals surface area contributed by atoms with Crippen LogP contribution < -0.4 is 10.5 Å². The molecule has 0 fully saturated rings. The summed E-state index contributed by atoms with van der Waals surface area (Å²) in [6, 6.07) is 27.1. The van der Waals surface area contributed by atoms with Crippen molar-refractivity contribution in [2.75, 3.05) is 0 Å². The molecule has 3 N–H and O–H groups in total. The van der Waals surface area contributed by atoms with E-state index < -0.39 is 6.10 Å². The van der Waals surface area contributed by atoms with Gasteiger partial charge in [0.25, 0.3) is 5.89 Å². The highest BCUT2D eigenvalue weighted by atomic mass is 32.1. The maximum Gasteiger partial charge on any atom is 0.272 e. The number of nitrogens with zero attached hydrogens (tertiary/aromatic N) is 2. The second-order valence-corrected chi connectivity index (χ2v) is 8.01. The Morgan fingerprint density at radius 2 is 1.71 bits per heavy atom. The van der Waals surface area contributed by atoms with E-state index in [2.05, 4.69) is 10.1 Å². The minimum Gasteiger partial charge on any atom is -0.475 e. The molecule has 0 amide bonds. The van der Waals surface area contributed by atoms with Gasteiger partial charge in [0, 0.05) is 21.2 Å². The highest BCUT2D eigenvalue weighted by Gasteiger charge is 2.25. The molecule has 7 heteroatoms. The molecule has 0 saturated heterocycles. The fourth-order valence-electron chi connectivity index (χ4n) is 3.33. The summed E-state index contributed by atoms with van der Waals surface area (Å²) in [5, 5.41) is 12.8. The van der Waals surface area contributed by atoms with Crippen LogP contribution in [0.15, 0.2) is 89.5 Å². The molecule has 152 valence electrons. The van der Waals surface area contributed by atoms with Gasteiger partial charge in [-0.05, 0) is 18.2 Å². The van der Waals surface area contributed by atoms with Gasteiger partial charge in [-0.15, -0.1) is 11.3 Å². The lowest BCUT2D eigenvalue weighted by Crippen LogP contribution is -2.10. The van der Waals surface area contributed by atoms with Gasteiger partial charge in [-0.1, -0.05) is 71.9 Å². The number of amidine groups is 1. The third-order valence-electron chi connectivity index (χ3n) is 4.83. The molecule has 0 radical (unpaired) electrons. The fraction of sp³-hybridized carbons (Fsp3) is 0.0417. The molecular weight excluding hydrogens is 408 g/mol. The van der Waals surface area contributed by atoms with Gasteiger partial charge in [0.05, 0.1) is 4.88 Å². The van der Waals surface area contributed by atoms with Crippen LogP contribution in [-0.2, 0) is 0 Å². The maximum absolute atomic E-state index is 7.75. The Morgan fingerprint density at radius 3 is 2.45 bits per heavy atom. The number of nitrogens with one attached hydrogen (secondary N) is 1. The van der Waals surface area contributed by atoms with Crippen molar-refractivity contribution < 1.29 is 9.26 Å². The summed E-state index contributed by atoms with van der Waals surface area (Å²) in [5.74, 6) is 1.57. The molecule has 31 heavy (non-hydrogen) atoms. The molecule has 6 nitrogen and oxygen atoms in total. The van der Waals surface area contributed by atoms with Crippen LogP contribution >= 0.6 is 11.3 Å². The van der Waals surface area contributed by atoms with Crippen LogP contribution in [0.2, 0.25) is 0 Å². The Labute approximate surface area is 182 Å². The fourth-order valence-corrected chi connectivity index (χ4v) is 4.27. The summed E-state index contributed by atoms with van der Waals surface area (Å²) in [6.07, 6.45) is -0.586. The summed E-state index contributed by atoms with van der Waals surface area (Å²) < 4.78 is 13.1. The van der Waals surface area contributed by atoms with Gasteiger partial charge in [-0.25, -0.2) is 0 Å². The number of benzene rings is 3. The molecule has 0 unspecified atom stereocenters. The number of hydrogen-bond acceptors (Lipinski definition) is 6. The van der Waals surface area contributed by atoms with E-state index in [1.807, 2.05) is 84.9 Å². The number of aromatic nitrogens is 2. The monoisotopic (exact) mass is 426 g/mol. The van der Waals surface area contributed by atoms with Gasteiger partial charge in [-0.3, -0.25) is 5.41 Å². The number of ether oxygens (including phenoxy) is 1. The lowest BCUT2D eigenvalue weighted by atomic mass is 10.1. The molecule has 5 rings (SSSR count). The molecule has 2 heterocycles. The second-order valence-electron chi connectivity index (χ2n) is 6.92. The van der Waals surface area contributed by atoms with E-state index in [-0.39, 0.29) is 5.84 Å². The van der Waals surface area contributed by atoms with E-state index in [9.17, 15) is 0 Å². The van der Waals surface area contributed by atoms with Gasteiger partial charge >= 0.3 is 0 Å². The third-order valence-corrected chi connectivity index (χ3v) is 5.97. The normalized spacial score (nSPS) is 12.0. The van der Waals surface area contributed by atoms with Gasteiger partial charge < -0.3 is 15.0 Å². The standard InChI is InChI=1S/C24H18N4O2S/c25-22(26)20-14-17-18(12-7-13-19(17)31-20)29-21(15-8-3-1-4-9-15)24-27-23(28-30-24)16-10-5-2-6-11-16/h1-14,21H,(H3,25,26)/t21-/m1/s1. The van der Waals surface area contributed by atoms with Crippen molar-refractivity contribution in [1.82, 2.24) is 10.1 Å². The molecule has 0 aliphatic heterocycles. The zero-order valence-corrected chi connectivity index (χ0v) is 17.2. The smallest absolute Gasteiger partial charge is 0.272 e. The molecule has 3 aromatic carbocycles. The number of nitrogen functional groups attached to an aromatic ring is 1. The molecule has 0 aliphatic rings. The first kappa shape index (κ1) is 19.0. The lowest BCUT2D eigenvalue weighted by Gasteiger charge is -2.16. The summed E-state index contributed by atoms with van der Waals surface area (Å²) >= 11 is 1.46. The largest absolute Gasteiger partial charge is 0.475 e. The van der Waals surface area contributed by atoms with Gasteiger partial charge in [0.2, 0.25) is 11.9 Å². The highest BCUT2D eigenvalue weighted by Crippen LogP contribution is 2.36. The van der Waals surface area contributed by atoms with Crippen molar-refractivity contribution in [2.45, 2.75) is 6.10 Å². The SMILES string of the molecule is N=C(N)c1cc2c(O[C@H](c3ccccc3)c3nc(-c4ccccc4)no3)cccc2s1. The Bertz CT molecular complexity index is 1350. The van der Waals surface area contributed by atoms with Crippen molar-refractivity contribution in [3.63, 3.8) is 0 Å². The van der Waals surface area contributed by atoms with Crippen LogP contribution in [0, 0.1) is 5.41 Å². The zero-order chi connectivity index (χ0) is 21.2. The molecule has 0 aliphatic carbocycles. The van der Waals surface area contributed by atoms with Gasteiger partial charge in [-0.2, -0.15) is 4.98 Å². The van der Waals surface area contributed by atoms with Crippen LogP contribution in [0.4, 0.5) is 0 Å². The van der Waals surface area contributed by atoms with E-state index in [4.69, 9.17) is 20.4 Å². The van der Waals surface area contributed by atoms with Crippen molar-refractivity contribution in [2.24, 2.45) is 5.73 Å². The average Bonchev–Trinajstić information content (AvgIpc) is 3.47. The van der Waals surface area contributed by atoms with Crippen LogP contribution in [0.3, 0.4) is 0 Å². The molecule has 0 bridgehead atoms. The number of fused-ring (bicyclic) bond motifs is 1. The van der Waals surface area contributed by atoms with E-state index in [0.717, 1.165) is 21.2 Å². The molecular formula is C24H18N4O2S. The minimum atomic E-state index is -0.586. The quantitative estimate of drug-likeness (QED) is 0.280. The number of thiophene rings is 1. The van der Waals surface area contributed by atoms with Crippen molar-refractivity contribution in [3.05, 3.63) is 101 Å². The van der Waals surface area contributed by atoms with E-state index in [0.29, 0.717) is 22.3 Å². The summed E-state index contributed by atoms with van der Waals surface area (Å²) in [7, 11) is 0.